The van der Waals surface area contributed by atoms with Crippen LogP contribution in [0.15, 0.2) is 24.5 Å². The smallest absolute Gasteiger partial charge is 0.0627 e. The molecule has 14 heavy (non-hydrogen) atoms. The van der Waals surface area contributed by atoms with Crippen molar-refractivity contribution in [2.75, 3.05) is 6.61 Å². The number of pyridine rings is 1. The maximum atomic E-state index is 9.25. The first-order valence-electron chi connectivity index (χ1n) is 4.81. The Morgan fingerprint density at radius 3 is 2.64 bits per heavy atom. The fraction of sp³-hybridized carbons (Fsp3) is 0.545. The van der Waals surface area contributed by atoms with Gasteiger partial charge in [-0.05, 0) is 32.4 Å². The molecule has 0 aromatic carbocycles. The molecule has 0 fully saturated rings. The van der Waals surface area contributed by atoms with Gasteiger partial charge < -0.3 is 10.4 Å². The van der Waals surface area contributed by atoms with Crippen molar-refractivity contribution in [2.45, 2.75) is 32.4 Å². The lowest BCUT2D eigenvalue weighted by Gasteiger charge is -2.27. The van der Waals surface area contributed by atoms with Crippen molar-refractivity contribution in [2.24, 2.45) is 0 Å². The van der Waals surface area contributed by atoms with E-state index in [1.807, 2.05) is 12.1 Å². The van der Waals surface area contributed by atoms with Crippen LogP contribution < -0.4 is 5.32 Å². The number of aromatic nitrogens is 1. The quantitative estimate of drug-likeness (QED) is 0.766. The molecule has 78 valence electrons. The maximum Gasteiger partial charge on any atom is 0.0627 e. The summed E-state index contributed by atoms with van der Waals surface area (Å²) < 4.78 is 0. The largest absolute Gasteiger partial charge is 0.394 e. The Kier molecular flexibility index (Phi) is 3.61. The van der Waals surface area contributed by atoms with E-state index >= 15 is 0 Å². The number of rotatable bonds is 3. The molecule has 1 rings (SSSR count). The normalized spacial score (nSPS) is 14.0. The summed E-state index contributed by atoms with van der Waals surface area (Å²) in [4.78, 5) is 4.03. The molecule has 0 aliphatic carbocycles. The first-order valence-corrected chi connectivity index (χ1v) is 4.81. The molecule has 0 spiro atoms. The minimum Gasteiger partial charge on any atom is -0.394 e. The molecule has 3 heteroatoms. The first kappa shape index (κ1) is 11.1. The van der Waals surface area contributed by atoms with Crippen LogP contribution in [0, 0.1) is 0 Å². The minimum absolute atomic E-state index is 0.0107. The van der Waals surface area contributed by atoms with Gasteiger partial charge in [-0.2, -0.15) is 0 Å². The SMILES string of the molecule is CC(C)(C)N[C@H](CO)c1cccnc1. The topological polar surface area (TPSA) is 45.1 Å². The number of aliphatic hydroxyl groups is 1. The Morgan fingerprint density at radius 1 is 1.50 bits per heavy atom. The zero-order valence-electron chi connectivity index (χ0n) is 8.99. The van der Waals surface area contributed by atoms with E-state index in [4.69, 9.17) is 0 Å². The average molecular weight is 194 g/mol. The molecule has 0 radical (unpaired) electrons. The van der Waals surface area contributed by atoms with E-state index in [1.165, 1.54) is 0 Å². The second-order valence-electron chi connectivity index (χ2n) is 4.42. The van der Waals surface area contributed by atoms with Gasteiger partial charge in [-0.1, -0.05) is 6.07 Å². The predicted molar refractivity (Wildman–Crippen MR) is 57.0 cm³/mol. The van der Waals surface area contributed by atoms with Crippen molar-refractivity contribution in [1.29, 1.82) is 0 Å². The third kappa shape index (κ3) is 3.44. The molecule has 0 amide bonds. The van der Waals surface area contributed by atoms with E-state index in [9.17, 15) is 5.11 Å². The predicted octanol–water partition coefficient (Wildman–Crippen LogP) is 1.50. The highest BCUT2D eigenvalue weighted by atomic mass is 16.3. The van der Waals surface area contributed by atoms with Gasteiger partial charge in [0.15, 0.2) is 0 Å². The highest BCUT2D eigenvalue weighted by molar-refractivity contribution is 5.14. The fourth-order valence-electron chi connectivity index (χ4n) is 1.34. The summed E-state index contributed by atoms with van der Waals surface area (Å²) in [6.07, 6.45) is 3.51. The first-order chi connectivity index (χ1) is 6.53. The molecular formula is C11H18N2O. The highest BCUT2D eigenvalue weighted by Crippen LogP contribution is 2.14. The number of nitrogens with one attached hydrogen (secondary N) is 1. The van der Waals surface area contributed by atoms with E-state index in [1.54, 1.807) is 12.4 Å². The van der Waals surface area contributed by atoms with Crippen molar-refractivity contribution in [3.63, 3.8) is 0 Å². The summed E-state index contributed by atoms with van der Waals surface area (Å²) in [6, 6.07) is 3.80. The van der Waals surface area contributed by atoms with Gasteiger partial charge in [0.05, 0.1) is 12.6 Å². The van der Waals surface area contributed by atoms with Crippen LogP contribution >= 0.6 is 0 Å². The van der Waals surface area contributed by atoms with Crippen LogP contribution in [-0.2, 0) is 0 Å². The summed E-state index contributed by atoms with van der Waals surface area (Å²) in [5.74, 6) is 0. The van der Waals surface area contributed by atoms with Gasteiger partial charge in [-0.3, -0.25) is 4.98 Å². The Bertz CT molecular complexity index is 266. The zero-order valence-corrected chi connectivity index (χ0v) is 8.99. The second kappa shape index (κ2) is 4.53. The van der Waals surface area contributed by atoms with Crippen LogP contribution in [0.1, 0.15) is 32.4 Å². The lowest BCUT2D eigenvalue weighted by molar-refractivity contribution is 0.217. The van der Waals surface area contributed by atoms with Crippen LogP contribution in [-0.4, -0.2) is 22.2 Å². The van der Waals surface area contributed by atoms with E-state index in [0.717, 1.165) is 5.56 Å². The molecule has 2 N–H and O–H groups in total. The third-order valence-electron chi connectivity index (χ3n) is 1.88. The summed E-state index contributed by atoms with van der Waals surface area (Å²) in [7, 11) is 0. The van der Waals surface area contributed by atoms with E-state index in [2.05, 4.69) is 31.1 Å². The Morgan fingerprint density at radius 2 is 2.21 bits per heavy atom. The fourth-order valence-corrected chi connectivity index (χ4v) is 1.34. The number of hydrogen-bond acceptors (Lipinski definition) is 3. The molecule has 0 aliphatic heterocycles. The molecule has 3 nitrogen and oxygen atoms in total. The lowest BCUT2D eigenvalue weighted by atomic mass is 10.0. The molecule has 0 unspecified atom stereocenters. The average Bonchev–Trinajstić information content (AvgIpc) is 2.14. The zero-order chi connectivity index (χ0) is 10.6. The highest BCUT2D eigenvalue weighted by Gasteiger charge is 2.17. The van der Waals surface area contributed by atoms with Crippen LogP contribution in [0.4, 0.5) is 0 Å². The summed E-state index contributed by atoms with van der Waals surface area (Å²) >= 11 is 0. The van der Waals surface area contributed by atoms with Gasteiger partial charge in [-0.25, -0.2) is 0 Å². The van der Waals surface area contributed by atoms with Crippen molar-refractivity contribution >= 4 is 0 Å². The Balaban J connectivity index is 2.73. The van der Waals surface area contributed by atoms with Crippen molar-refractivity contribution in [3.8, 4) is 0 Å². The van der Waals surface area contributed by atoms with Gasteiger partial charge in [0.2, 0.25) is 0 Å². The maximum absolute atomic E-state index is 9.25. The van der Waals surface area contributed by atoms with Crippen LogP contribution in [0.5, 0.6) is 0 Å². The number of nitrogens with zero attached hydrogens (tertiary/aromatic N) is 1. The molecule has 1 heterocycles. The second-order valence-corrected chi connectivity index (χ2v) is 4.42. The van der Waals surface area contributed by atoms with Gasteiger partial charge >= 0.3 is 0 Å². The molecule has 1 aromatic heterocycles. The monoisotopic (exact) mass is 194 g/mol. The lowest BCUT2D eigenvalue weighted by Crippen LogP contribution is -2.40. The summed E-state index contributed by atoms with van der Waals surface area (Å²) in [5.41, 5.74) is 1.01. The molecule has 0 saturated heterocycles. The van der Waals surface area contributed by atoms with Crippen LogP contribution in [0.3, 0.4) is 0 Å². The van der Waals surface area contributed by atoms with Gasteiger partial charge in [0.1, 0.15) is 0 Å². The molecule has 1 aromatic rings. The van der Waals surface area contributed by atoms with Crippen molar-refractivity contribution in [3.05, 3.63) is 30.1 Å². The van der Waals surface area contributed by atoms with Crippen molar-refractivity contribution < 1.29 is 5.11 Å². The Hall–Kier alpha value is -0.930. The van der Waals surface area contributed by atoms with Gasteiger partial charge in [0.25, 0.3) is 0 Å². The molecule has 0 saturated carbocycles. The number of aliphatic hydroxyl groups excluding tert-OH is 1. The van der Waals surface area contributed by atoms with Crippen LogP contribution in [0.2, 0.25) is 0 Å². The standard InChI is InChI=1S/C11H18N2O/c1-11(2,3)13-10(8-14)9-5-4-6-12-7-9/h4-7,10,13-14H,8H2,1-3H3/t10-/m1/s1. The third-order valence-corrected chi connectivity index (χ3v) is 1.88. The van der Waals surface area contributed by atoms with Gasteiger partial charge in [0, 0.05) is 17.9 Å². The molecule has 0 aliphatic rings. The van der Waals surface area contributed by atoms with Gasteiger partial charge in [-0.15, -0.1) is 0 Å². The minimum atomic E-state index is -0.0382. The van der Waals surface area contributed by atoms with Crippen molar-refractivity contribution in [1.82, 2.24) is 10.3 Å². The molecule has 1 atom stereocenters. The Labute approximate surface area is 85.2 Å². The number of hydrogen-bond donors (Lipinski definition) is 2. The van der Waals surface area contributed by atoms with E-state index < -0.39 is 0 Å². The summed E-state index contributed by atoms with van der Waals surface area (Å²) in [5, 5.41) is 12.6. The molecular weight excluding hydrogens is 176 g/mol. The van der Waals surface area contributed by atoms with E-state index in [0.29, 0.717) is 0 Å². The van der Waals surface area contributed by atoms with E-state index in [-0.39, 0.29) is 18.2 Å². The van der Waals surface area contributed by atoms with Crippen LogP contribution in [0.25, 0.3) is 0 Å². The summed E-state index contributed by atoms with van der Waals surface area (Å²) in [6.45, 7) is 6.31. The molecule has 0 bridgehead atoms.